The maximum atomic E-state index is 13.8. The number of benzene rings is 1. The maximum Gasteiger partial charge on any atom is 0.223 e. The molecule has 2 aliphatic rings. The lowest BCUT2D eigenvalue weighted by Gasteiger charge is -2.37. The Morgan fingerprint density at radius 3 is 2.54 bits per heavy atom. The third-order valence-corrected chi connectivity index (χ3v) is 6.25. The number of amides is 1. The van der Waals surface area contributed by atoms with Crippen LogP contribution in [0.1, 0.15) is 24.8 Å². The number of likely N-dealkylation sites (tertiary alicyclic amines) is 2. The number of rotatable bonds is 5. The summed E-state index contributed by atoms with van der Waals surface area (Å²) in [5.41, 5.74) is 0.342. The molecule has 2 heterocycles. The molecule has 0 aromatic heterocycles. The van der Waals surface area contributed by atoms with Gasteiger partial charge in [0.15, 0.2) is 0 Å². The summed E-state index contributed by atoms with van der Waals surface area (Å²) in [6, 6.07) is 3.57. The second-order valence-corrected chi connectivity index (χ2v) is 9.64. The Kier molecular flexibility index (Phi) is 5.62. The monoisotopic (exact) mass is 386 g/mol. The first kappa shape index (κ1) is 19.2. The fourth-order valence-electron chi connectivity index (χ4n) is 4.00. The van der Waals surface area contributed by atoms with Gasteiger partial charge < -0.3 is 4.90 Å². The summed E-state index contributed by atoms with van der Waals surface area (Å²) >= 11 is 0. The number of hydrogen-bond acceptors (Lipinski definition) is 4. The highest BCUT2D eigenvalue weighted by molar-refractivity contribution is 7.90. The van der Waals surface area contributed by atoms with E-state index in [4.69, 9.17) is 0 Å². The SMILES string of the molecule is CS(=O)(=O)CC1CC(=O)N(C2CCN(Cc3cc(F)ccc3F)CC2)C1. The molecule has 1 aromatic carbocycles. The van der Waals surface area contributed by atoms with Gasteiger partial charge >= 0.3 is 0 Å². The van der Waals surface area contributed by atoms with Crippen LogP contribution >= 0.6 is 0 Å². The Hall–Kier alpha value is -1.54. The molecule has 5 nitrogen and oxygen atoms in total. The molecule has 26 heavy (non-hydrogen) atoms. The second kappa shape index (κ2) is 7.60. The molecule has 0 bridgehead atoms. The Bertz CT molecular complexity index is 777. The quantitative estimate of drug-likeness (QED) is 0.775. The van der Waals surface area contributed by atoms with Crippen molar-refractivity contribution in [3.8, 4) is 0 Å². The number of sulfone groups is 1. The molecule has 8 heteroatoms. The number of halogens is 2. The van der Waals surface area contributed by atoms with Crippen LogP contribution in [0.25, 0.3) is 0 Å². The Morgan fingerprint density at radius 2 is 1.88 bits per heavy atom. The zero-order valence-electron chi connectivity index (χ0n) is 14.8. The zero-order valence-corrected chi connectivity index (χ0v) is 15.6. The van der Waals surface area contributed by atoms with Crippen LogP contribution < -0.4 is 0 Å². The number of nitrogens with zero attached hydrogens (tertiary/aromatic N) is 2. The summed E-state index contributed by atoms with van der Waals surface area (Å²) in [5, 5.41) is 0. The normalized spacial score (nSPS) is 23.0. The van der Waals surface area contributed by atoms with Gasteiger partial charge in [-0.3, -0.25) is 9.69 Å². The average Bonchev–Trinajstić information content (AvgIpc) is 2.90. The lowest BCUT2D eigenvalue weighted by Crippen LogP contribution is -2.45. The molecule has 2 fully saturated rings. The van der Waals surface area contributed by atoms with Crippen molar-refractivity contribution in [2.24, 2.45) is 5.92 Å². The molecule has 1 atom stereocenters. The smallest absolute Gasteiger partial charge is 0.223 e. The van der Waals surface area contributed by atoms with Gasteiger partial charge in [-0.25, -0.2) is 17.2 Å². The van der Waals surface area contributed by atoms with E-state index in [-0.39, 0.29) is 23.6 Å². The van der Waals surface area contributed by atoms with E-state index in [1.165, 1.54) is 12.3 Å². The van der Waals surface area contributed by atoms with Crippen molar-refractivity contribution in [1.82, 2.24) is 9.80 Å². The standard InChI is InChI=1S/C18H24F2N2O3S/c1-26(24,25)12-13-8-18(23)22(10-13)16-4-6-21(7-5-16)11-14-9-15(19)2-3-17(14)20/h2-3,9,13,16H,4-8,10-12H2,1H3. The summed E-state index contributed by atoms with van der Waals surface area (Å²) in [4.78, 5) is 16.1. The molecule has 2 saturated heterocycles. The van der Waals surface area contributed by atoms with E-state index in [2.05, 4.69) is 4.90 Å². The minimum atomic E-state index is -3.09. The highest BCUT2D eigenvalue weighted by atomic mass is 32.2. The second-order valence-electron chi connectivity index (χ2n) is 7.45. The Balaban J connectivity index is 1.54. The van der Waals surface area contributed by atoms with Gasteiger partial charge in [-0.1, -0.05) is 0 Å². The largest absolute Gasteiger partial charge is 0.339 e. The van der Waals surface area contributed by atoms with Crippen LogP contribution in [0.5, 0.6) is 0 Å². The van der Waals surface area contributed by atoms with Gasteiger partial charge in [0, 0.05) is 50.5 Å². The molecule has 0 N–H and O–H groups in total. The third kappa shape index (κ3) is 4.79. The lowest BCUT2D eigenvalue weighted by molar-refractivity contribution is -0.130. The van der Waals surface area contributed by atoms with Gasteiger partial charge in [-0.15, -0.1) is 0 Å². The van der Waals surface area contributed by atoms with Crippen molar-refractivity contribution in [3.63, 3.8) is 0 Å². The van der Waals surface area contributed by atoms with E-state index < -0.39 is 21.5 Å². The van der Waals surface area contributed by atoms with E-state index in [9.17, 15) is 22.0 Å². The van der Waals surface area contributed by atoms with Crippen LogP contribution in [0.2, 0.25) is 0 Å². The molecule has 2 aliphatic heterocycles. The minimum Gasteiger partial charge on any atom is -0.339 e. The molecule has 1 amide bonds. The lowest BCUT2D eigenvalue weighted by atomic mass is 10.0. The van der Waals surface area contributed by atoms with Crippen molar-refractivity contribution in [2.45, 2.75) is 31.8 Å². The molecule has 0 aliphatic carbocycles. The van der Waals surface area contributed by atoms with Crippen molar-refractivity contribution < 1.29 is 22.0 Å². The first-order chi connectivity index (χ1) is 12.2. The van der Waals surface area contributed by atoms with Gasteiger partial charge in [0.1, 0.15) is 21.5 Å². The molecule has 0 saturated carbocycles. The number of carbonyl (C=O) groups is 1. The zero-order chi connectivity index (χ0) is 18.9. The Labute approximate surface area is 152 Å². The molecule has 0 radical (unpaired) electrons. The molecular formula is C18H24F2N2O3S. The fraction of sp³-hybridized carbons (Fsp3) is 0.611. The van der Waals surface area contributed by atoms with Gasteiger partial charge in [-0.05, 0) is 37.0 Å². The summed E-state index contributed by atoms with van der Waals surface area (Å²) in [6.07, 6.45) is 3.01. The first-order valence-electron chi connectivity index (χ1n) is 8.85. The number of piperidine rings is 1. The van der Waals surface area contributed by atoms with Crippen molar-refractivity contribution in [3.05, 3.63) is 35.4 Å². The van der Waals surface area contributed by atoms with Crippen LogP contribution in [0.3, 0.4) is 0 Å². The number of carbonyl (C=O) groups excluding carboxylic acids is 1. The highest BCUT2D eigenvalue weighted by Crippen LogP contribution is 2.27. The summed E-state index contributed by atoms with van der Waals surface area (Å²) in [7, 11) is -3.09. The van der Waals surface area contributed by atoms with Gasteiger partial charge in [-0.2, -0.15) is 0 Å². The topological polar surface area (TPSA) is 57.7 Å². The Morgan fingerprint density at radius 1 is 1.19 bits per heavy atom. The van der Waals surface area contributed by atoms with Crippen LogP contribution in [0.4, 0.5) is 8.78 Å². The predicted molar refractivity (Wildman–Crippen MR) is 94.2 cm³/mol. The third-order valence-electron chi connectivity index (χ3n) is 5.18. The molecule has 144 valence electrons. The fourth-order valence-corrected chi connectivity index (χ4v) is 5.08. The van der Waals surface area contributed by atoms with Crippen LogP contribution in [-0.2, 0) is 21.2 Å². The van der Waals surface area contributed by atoms with Gasteiger partial charge in [0.2, 0.25) is 5.91 Å². The van der Waals surface area contributed by atoms with E-state index in [0.717, 1.165) is 25.0 Å². The van der Waals surface area contributed by atoms with E-state index in [1.54, 1.807) is 0 Å². The van der Waals surface area contributed by atoms with Crippen molar-refractivity contribution in [2.75, 3.05) is 31.6 Å². The average molecular weight is 386 g/mol. The van der Waals surface area contributed by atoms with E-state index >= 15 is 0 Å². The van der Waals surface area contributed by atoms with Gasteiger partial charge in [0.25, 0.3) is 0 Å². The van der Waals surface area contributed by atoms with Crippen LogP contribution in [0.15, 0.2) is 18.2 Å². The maximum absolute atomic E-state index is 13.8. The van der Waals surface area contributed by atoms with Crippen LogP contribution in [0, 0.1) is 17.6 Å². The van der Waals surface area contributed by atoms with Crippen LogP contribution in [-0.4, -0.2) is 61.8 Å². The summed E-state index contributed by atoms with van der Waals surface area (Å²) in [6.45, 7) is 2.23. The molecular weight excluding hydrogens is 362 g/mol. The first-order valence-corrected chi connectivity index (χ1v) is 10.9. The highest BCUT2D eigenvalue weighted by Gasteiger charge is 2.36. The molecule has 1 aromatic rings. The summed E-state index contributed by atoms with van der Waals surface area (Å²) < 4.78 is 50.0. The van der Waals surface area contributed by atoms with E-state index in [0.29, 0.717) is 38.2 Å². The van der Waals surface area contributed by atoms with E-state index in [1.807, 2.05) is 4.90 Å². The molecule has 1 unspecified atom stereocenters. The summed E-state index contributed by atoms with van der Waals surface area (Å²) in [5.74, 6) is -0.916. The van der Waals surface area contributed by atoms with Crippen molar-refractivity contribution in [1.29, 1.82) is 0 Å². The predicted octanol–water partition coefficient (Wildman–Crippen LogP) is 1.82. The van der Waals surface area contributed by atoms with Crippen molar-refractivity contribution >= 4 is 15.7 Å². The molecule has 3 rings (SSSR count). The van der Waals surface area contributed by atoms with Gasteiger partial charge in [0.05, 0.1) is 5.75 Å². The molecule has 0 spiro atoms. The number of hydrogen-bond donors (Lipinski definition) is 0. The minimum absolute atomic E-state index is 0.0216.